The van der Waals surface area contributed by atoms with Crippen LogP contribution in [0, 0.1) is 0 Å². The Morgan fingerprint density at radius 1 is 0.357 bits per heavy atom. The molecule has 10 amide bonds. The number of piperidine rings is 2. The zero-order valence-corrected chi connectivity index (χ0v) is 89.9. The molecule has 11 aliphatic heterocycles. The molecular weight excluding hydrogens is 1880 g/mol. The molecule has 0 radical (unpaired) electrons. The molecule has 11 heterocycles. The second-order valence-corrected chi connectivity index (χ2v) is 40.2. The summed E-state index contributed by atoms with van der Waals surface area (Å²) >= 11 is 0. The molecule has 11 fully saturated rings. The molecule has 11 saturated heterocycles. The fraction of sp³-hybridized carbons (Fsp3) is 0.714. The van der Waals surface area contributed by atoms with Gasteiger partial charge in [-0.2, -0.15) is 4.31 Å². The van der Waals surface area contributed by atoms with E-state index in [0.29, 0.717) is 78.0 Å². The van der Waals surface area contributed by atoms with Gasteiger partial charge in [0.15, 0.2) is 9.84 Å². The average molecular weight is 2060 g/mol. The van der Waals surface area contributed by atoms with Gasteiger partial charge in [-0.25, -0.2) is 16.8 Å². The summed E-state index contributed by atoms with van der Waals surface area (Å²) in [6.45, 7) is 47.6. The number of carbonyl (C=O) groups excluding carboxylic acids is 10. The minimum absolute atomic E-state index is 0.0179. The van der Waals surface area contributed by atoms with Crippen molar-refractivity contribution in [3.63, 3.8) is 0 Å². The van der Waals surface area contributed by atoms with E-state index in [1.807, 2.05) is 46.3 Å². The maximum Gasteiger partial charge on any atom is 0.243 e. The zero-order valence-electron chi connectivity index (χ0n) is 88.3. The third-order valence-corrected chi connectivity index (χ3v) is 28.2. The number of piperazine rings is 6. The molecule has 0 aromatic rings. The van der Waals surface area contributed by atoms with Gasteiger partial charge in [-0.3, -0.25) is 112 Å². The van der Waals surface area contributed by atoms with Crippen molar-refractivity contribution < 1.29 is 79.4 Å². The van der Waals surface area contributed by atoms with Crippen molar-refractivity contribution in [1.82, 2.24) is 131 Å². The standard InChI is InChI=1S/C14H26N4O.C14H25N3O2.C12H23N3O.C11H21N3O2.C10H19N3O3S.C10H19N3O.C9H15N3O2.C9H16N2O3S.C9H16N2O2/c1-15-14(19)3-2-8-17-9-4-13(5-10-17)18-11-6-16-7-12-18;1-15-14(18)3-2-6-16-7-4-13(5-8-16)17-9-11-19-12-10-17;1-11(2)15-9-7-14(8-10-15)6-4-5-12(16)13-3;1-12-11(16)3-2-4-13-5-7-14(8-6-13)9-10-15;1-11-10(14)4-3-5-12-6-8-13(9-7-12)17(2,15)16;1-11-10(14)4-3-5-13-8-6-12(2)7-9-13;1-10-8(13)3-2-5-12-6-4-11-9(14)7-12;1-10-9(12)3-2-4-11-5-7-15(13,14)8-6-11;1-10-9(12)3-2-4-11-5-7-13-8-6-11/h2-3,13,16H,4-12H2,1H3,(H,15,19);2-3,13H,4-12H2,1H3,(H,15,18);4-5,11H,6-10H2,1-3H3,(H,13,16);2-3,15H,4-10H2,1H3,(H,12,16);3-4H,5-9H2,1-2H3,(H,11,14);3-4H,5-9H2,1-2H3,(H,11,14);2-3H,4-7H2,1H3,(H,10,13)(H,11,14);2-3H,4-8H2,1H3,(H,10,12);2-3H,4-8H2,1H3,(H,10,12)/b2*3-2+;5-4+;3-2+;2*4-3+;3*3-2+. The fourth-order valence-electron chi connectivity index (χ4n) is 16.1. The van der Waals surface area contributed by atoms with Crippen molar-refractivity contribution in [2.24, 2.45) is 0 Å². The number of β-amino-alcohol motifs (C(OH)–C–C–N with tert-alkyl or cyclic N) is 1. The van der Waals surface area contributed by atoms with Gasteiger partial charge in [0.05, 0.1) is 57.3 Å². The van der Waals surface area contributed by atoms with Gasteiger partial charge >= 0.3 is 0 Å². The first-order valence-electron chi connectivity index (χ1n) is 50.7. The molecule has 0 atom stereocenters. The van der Waals surface area contributed by atoms with E-state index in [1.165, 1.54) is 67.6 Å². The lowest BCUT2D eigenvalue weighted by atomic mass is 10.0. The predicted octanol–water partition coefficient (Wildman–Crippen LogP) is -5.28. The first-order chi connectivity index (χ1) is 68.7. The van der Waals surface area contributed by atoms with E-state index >= 15 is 0 Å². The number of ether oxygens (including phenoxy) is 2. The number of hydrogen-bond acceptors (Lipinski definition) is 32. The Balaban J connectivity index is 0.000000415. The fourth-order valence-corrected chi connectivity index (χ4v) is 18.2. The van der Waals surface area contributed by atoms with Gasteiger partial charge in [0, 0.05) is 385 Å². The number of hydrogen-bond donors (Lipinski definition) is 12. The number of aliphatic hydroxyl groups excluding tert-OH is 1. The van der Waals surface area contributed by atoms with Crippen LogP contribution >= 0.6 is 0 Å². The molecule has 0 aliphatic carbocycles. The minimum atomic E-state index is -3.06. The van der Waals surface area contributed by atoms with Crippen LogP contribution in [0.15, 0.2) is 109 Å². The predicted molar refractivity (Wildman–Crippen MR) is 566 cm³/mol. The quantitative estimate of drug-likeness (QED) is 0.0273. The number of sulfonamides is 1. The minimum Gasteiger partial charge on any atom is -0.395 e. The lowest BCUT2D eigenvalue weighted by molar-refractivity contribution is -0.124. The average Bonchev–Trinajstić information content (AvgIpc) is 0.866. The van der Waals surface area contributed by atoms with E-state index in [2.05, 4.69) is 138 Å². The maximum atomic E-state index is 11.3. The van der Waals surface area contributed by atoms with Crippen LogP contribution in [-0.2, 0) is 77.3 Å². The molecule has 0 saturated carbocycles. The number of morpholine rings is 2. The Hall–Kier alpha value is -8.50. The molecular formula is C98H180N26O17S2. The number of likely N-dealkylation sites (N-methyl/N-ethyl adjacent to an activating group) is 10. The van der Waals surface area contributed by atoms with E-state index in [9.17, 15) is 64.8 Å². The van der Waals surface area contributed by atoms with E-state index in [1.54, 1.807) is 118 Å². The van der Waals surface area contributed by atoms with Crippen molar-refractivity contribution in [1.29, 1.82) is 0 Å². The highest BCUT2D eigenvalue weighted by atomic mass is 32.2. The molecule has 11 rings (SSSR count). The number of nitrogens with one attached hydrogen (secondary N) is 11. The maximum absolute atomic E-state index is 11.3. The monoisotopic (exact) mass is 2060 g/mol. The normalized spacial score (nSPS) is 20.8. The summed E-state index contributed by atoms with van der Waals surface area (Å²) in [7, 11) is 10.9. The Morgan fingerprint density at radius 3 is 0.923 bits per heavy atom. The SMILES string of the molecule is CNC(=O)/C=C/CN1CCC(N2CCNCC2)CC1.CNC(=O)/C=C/CN1CCC(N2CCOCC2)CC1.CNC(=O)/C=C/CN1CCN(C(C)C)CC1.CNC(=O)/C=C/CN1CCN(C)CC1.CNC(=O)/C=C/CN1CCN(CCO)CC1.CNC(=O)/C=C/CN1CCN(S(C)(=O)=O)CC1.CNC(=O)/C=C/CN1CCNC(=O)C1.CNC(=O)/C=C/CN1CCOCC1.CNC(=O)/C=C/CN1CCS(=O)(=O)CC1. The highest BCUT2D eigenvalue weighted by Gasteiger charge is 2.29. The third-order valence-electron chi connectivity index (χ3n) is 25.3. The Morgan fingerprint density at radius 2 is 0.622 bits per heavy atom. The van der Waals surface area contributed by atoms with Crippen LogP contribution in [-0.4, -0.2) is 575 Å². The van der Waals surface area contributed by atoms with E-state index in [4.69, 9.17) is 14.6 Å². The first-order valence-corrected chi connectivity index (χ1v) is 54.4. The first kappa shape index (κ1) is 129. The topological polar surface area (TPSA) is 459 Å². The summed E-state index contributed by atoms with van der Waals surface area (Å²) in [5.41, 5.74) is 0. The highest BCUT2D eigenvalue weighted by molar-refractivity contribution is 7.91. The van der Waals surface area contributed by atoms with Gasteiger partial charge in [0.2, 0.25) is 69.1 Å². The number of aliphatic hydroxyl groups is 1. The number of carbonyl (C=O) groups is 10. The van der Waals surface area contributed by atoms with Gasteiger partial charge in [-0.15, -0.1) is 0 Å². The summed E-state index contributed by atoms with van der Waals surface area (Å²) in [4.78, 5) is 142. The molecule has 43 nitrogen and oxygen atoms in total. The van der Waals surface area contributed by atoms with Gasteiger partial charge in [0.25, 0.3) is 0 Å². The van der Waals surface area contributed by atoms with Crippen molar-refractivity contribution in [2.45, 2.75) is 57.7 Å². The van der Waals surface area contributed by atoms with Crippen molar-refractivity contribution in [2.75, 3.05) is 403 Å². The smallest absolute Gasteiger partial charge is 0.243 e. The van der Waals surface area contributed by atoms with Crippen LogP contribution in [0.5, 0.6) is 0 Å². The largest absolute Gasteiger partial charge is 0.395 e. The lowest BCUT2D eigenvalue weighted by Crippen LogP contribution is -2.51. The molecule has 45 heteroatoms. The van der Waals surface area contributed by atoms with Gasteiger partial charge in [-0.1, -0.05) is 54.7 Å². The molecule has 12 N–H and O–H groups in total. The number of likely N-dealkylation sites (tertiary alicyclic amines) is 2. The van der Waals surface area contributed by atoms with Crippen LogP contribution in [0.4, 0.5) is 0 Å². The Kier molecular flexibility index (Phi) is 70.9. The molecule has 816 valence electrons. The molecule has 0 spiro atoms. The zero-order chi connectivity index (χ0) is 105. The summed E-state index contributed by atoms with van der Waals surface area (Å²) in [6, 6.07) is 2.13. The lowest BCUT2D eigenvalue weighted by Gasteiger charge is -2.40. The van der Waals surface area contributed by atoms with Crippen LogP contribution in [0.1, 0.15) is 39.5 Å². The molecule has 0 bridgehead atoms. The van der Waals surface area contributed by atoms with E-state index in [-0.39, 0.29) is 77.2 Å². The molecule has 0 unspecified atom stereocenters. The van der Waals surface area contributed by atoms with Crippen molar-refractivity contribution in [3.8, 4) is 0 Å². The summed E-state index contributed by atoms with van der Waals surface area (Å²) in [6.07, 6.45) is 37.1. The molecule has 11 aliphatic rings. The second kappa shape index (κ2) is 78.8. The number of rotatable bonds is 33. The summed E-state index contributed by atoms with van der Waals surface area (Å²) < 4.78 is 56.9. The van der Waals surface area contributed by atoms with Crippen LogP contribution in [0.2, 0.25) is 0 Å². The summed E-state index contributed by atoms with van der Waals surface area (Å²) in [5.74, 6) is -0.0942. The number of nitrogens with zero attached hydrogens (tertiary/aromatic N) is 15. The van der Waals surface area contributed by atoms with Crippen molar-refractivity contribution in [3.05, 3.63) is 109 Å². The summed E-state index contributed by atoms with van der Waals surface area (Å²) in [5, 5.41) is 37.8. The highest BCUT2D eigenvalue weighted by Crippen LogP contribution is 2.20. The van der Waals surface area contributed by atoms with E-state index in [0.717, 1.165) is 235 Å². The second-order valence-electron chi connectivity index (χ2n) is 36.0. The number of sulfone groups is 1. The van der Waals surface area contributed by atoms with Gasteiger partial charge in [-0.05, 0) is 72.8 Å². The van der Waals surface area contributed by atoms with Gasteiger partial charge < -0.3 is 78.0 Å². The molecule has 143 heavy (non-hydrogen) atoms. The van der Waals surface area contributed by atoms with Crippen LogP contribution in [0.3, 0.4) is 0 Å². The third kappa shape index (κ3) is 63.6. The van der Waals surface area contributed by atoms with Crippen LogP contribution in [0.25, 0.3) is 0 Å². The van der Waals surface area contributed by atoms with Gasteiger partial charge in [0.1, 0.15) is 0 Å². The molecule has 0 aromatic heterocycles. The Bertz CT molecular complexity index is 4010. The van der Waals surface area contributed by atoms with Crippen molar-refractivity contribution >= 4 is 78.9 Å². The van der Waals surface area contributed by atoms with Crippen LogP contribution < -0.4 is 58.5 Å². The molecule has 0 aromatic carbocycles. The Labute approximate surface area is 854 Å². The number of amides is 10. The van der Waals surface area contributed by atoms with E-state index < -0.39 is 19.9 Å².